The van der Waals surface area contributed by atoms with Crippen LogP contribution in [-0.2, 0) is 13.0 Å². The molecule has 0 aliphatic carbocycles. The van der Waals surface area contributed by atoms with Crippen LogP contribution in [0.25, 0.3) is 11.0 Å². The van der Waals surface area contributed by atoms with Crippen molar-refractivity contribution in [3.63, 3.8) is 0 Å². The first-order valence-corrected chi connectivity index (χ1v) is 4.96. The van der Waals surface area contributed by atoms with Gasteiger partial charge in [-0.3, -0.25) is 0 Å². The summed E-state index contributed by atoms with van der Waals surface area (Å²) in [4.78, 5) is 4.53. The number of imidazole rings is 1. The first-order valence-electron chi connectivity index (χ1n) is 4.96. The van der Waals surface area contributed by atoms with Crippen LogP contribution >= 0.6 is 24.8 Å². The second-order valence-corrected chi connectivity index (χ2v) is 4.02. The predicted octanol–water partition coefficient (Wildman–Crippen LogP) is 2.07. The van der Waals surface area contributed by atoms with Crippen LogP contribution < -0.4 is 5.73 Å². The number of para-hydroxylation sites is 1. The van der Waals surface area contributed by atoms with Crippen LogP contribution in [0.5, 0.6) is 0 Å². The minimum Gasteiger partial charge on any atom is -0.326 e. The van der Waals surface area contributed by atoms with Crippen molar-refractivity contribution in [1.82, 2.24) is 9.55 Å². The zero-order valence-corrected chi connectivity index (χ0v) is 10.6. The summed E-state index contributed by atoms with van der Waals surface area (Å²) < 4.78 is 2.23. The van der Waals surface area contributed by atoms with E-state index < -0.39 is 0 Å². The topological polar surface area (TPSA) is 43.8 Å². The van der Waals surface area contributed by atoms with Gasteiger partial charge in [0.25, 0.3) is 0 Å². The molecule has 0 fully saturated rings. The molecule has 2 heterocycles. The van der Waals surface area contributed by atoms with E-state index in [1.807, 2.05) is 6.92 Å². The Hall–Kier alpha value is -0.770. The maximum absolute atomic E-state index is 6.00. The summed E-state index contributed by atoms with van der Waals surface area (Å²) in [6, 6.07) is 6.52. The number of nitrogens with two attached hydrogens (primary N) is 1. The molecule has 1 aliphatic heterocycles. The van der Waals surface area contributed by atoms with E-state index in [2.05, 4.69) is 27.8 Å². The van der Waals surface area contributed by atoms with Crippen molar-refractivity contribution in [2.45, 2.75) is 25.9 Å². The van der Waals surface area contributed by atoms with E-state index in [-0.39, 0.29) is 30.9 Å². The van der Waals surface area contributed by atoms with Crippen molar-refractivity contribution in [3.8, 4) is 0 Å². The molecule has 3 nitrogen and oxygen atoms in total. The Morgan fingerprint density at radius 3 is 2.88 bits per heavy atom. The third kappa shape index (κ3) is 1.79. The molecular formula is C11H15Cl2N3. The fraction of sp³-hybridized carbons (Fsp3) is 0.364. The van der Waals surface area contributed by atoms with Gasteiger partial charge in [-0.05, 0) is 25.0 Å². The highest BCUT2D eigenvalue weighted by molar-refractivity contribution is 5.85. The van der Waals surface area contributed by atoms with Crippen LogP contribution in [0.1, 0.15) is 11.4 Å². The Morgan fingerprint density at radius 1 is 1.38 bits per heavy atom. The summed E-state index contributed by atoms with van der Waals surface area (Å²) in [5.41, 5.74) is 9.73. The minimum absolute atomic E-state index is 0. The zero-order valence-electron chi connectivity index (χ0n) is 9.01. The number of hydrogen-bond acceptors (Lipinski definition) is 2. The second-order valence-electron chi connectivity index (χ2n) is 4.02. The van der Waals surface area contributed by atoms with Gasteiger partial charge in [0.05, 0.1) is 11.0 Å². The summed E-state index contributed by atoms with van der Waals surface area (Å²) in [5.74, 6) is 1.07. The fourth-order valence-electron chi connectivity index (χ4n) is 2.35. The first-order chi connectivity index (χ1) is 6.75. The van der Waals surface area contributed by atoms with Gasteiger partial charge in [-0.25, -0.2) is 4.98 Å². The van der Waals surface area contributed by atoms with Crippen molar-refractivity contribution in [1.29, 1.82) is 0 Å². The largest absolute Gasteiger partial charge is 0.326 e. The molecule has 1 atom stereocenters. The van der Waals surface area contributed by atoms with E-state index in [1.54, 1.807) is 0 Å². The highest BCUT2D eigenvalue weighted by Crippen LogP contribution is 2.25. The van der Waals surface area contributed by atoms with Crippen LogP contribution in [0.4, 0.5) is 0 Å². The van der Waals surface area contributed by atoms with Gasteiger partial charge < -0.3 is 10.3 Å². The average molecular weight is 260 g/mol. The molecule has 3 rings (SSSR count). The lowest BCUT2D eigenvalue weighted by molar-refractivity contribution is 0.530. The van der Waals surface area contributed by atoms with Gasteiger partial charge in [0, 0.05) is 12.6 Å². The van der Waals surface area contributed by atoms with Gasteiger partial charge in [-0.1, -0.05) is 12.1 Å². The van der Waals surface area contributed by atoms with Crippen molar-refractivity contribution >= 4 is 35.8 Å². The zero-order chi connectivity index (χ0) is 9.71. The van der Waals surface area contributed by atoms with E-state index in [0.717, 1.165) is 24.3 Å². The van der Waals surface area contributed by atoms with Gasteiger partial charge in [0.2, 0.25) is 0 Å². The monoisotopic (exact) mass is 259 g/mol. The first kappa shape index (κ1) is 13.3. The molecule has 1 unspecified atom stereocenters. The van der Waals surface area contributed by atoms with Crippen molar-refractivity contribution < 1.29 is 0 Å². The van der Waals surface area contributed by atoms with Crippen LogP contribution in [0.3, 0.4) is 0 Å². The maximum atomic E-state index is 6.00. The van der Waals surface area contributed by atoms with Gasteiger partial charge in [0.1, 0.15) is 5.82 Å². The van der Waals surface area contributed by atoms with E-state index in [0.29, 0.717) is 0 Å². The molecule has 1 aromatic carbocycles. The highest BCUT2D eigenvalue weighted by atomic mass is 35.5. The van der Waals surface area contributed by atoms with E-state index >= 15 is 0 Å². The number of benzene rings is 1. The molecule has 0 radical (unpaired) electrons. The molecular weight excluding hydrogens is 245 g/mol. The molecule has 0 bridgehead atoms. The number of nitrogens with zero attached hydrogens (tertiary/aromatic N) is 2. The molecule has 0 amide bonds. The third-order valence-corrected chi connectivity index (χ3v) is 2.94. The molecule has 1 aromatic heterocycles. The van der Waals surface area contributed by atoms with E-state index in [9.17, 15) is 0 Å². The van der Waals surface area contributed by atoms with Crippen molar-refractivity contribution in [2.24, 2.45) is 5.73 Å². The second kappa shape index (κ2) is 4.62. The number of hydrogen-bond donors (Lipinski definition) is 1. The maximum Gasteiger partial charge on any atom is 0.106 e. The summed E-state index contributed by atoms with van der Waals surface area (Å²) in [5, 5.41) is 0. The lowest BCUT2D eigenvalue weighted by Crippen LogP contribution is -2.32. The standard InChI is InChI=1S/C11H13N3.2ClH/c1-7-13-10-4-2-3-8-5-9(12)6-14(7)11(8)10;;/h2-4,9H,5-6,12H2,1H3;2*1H. The van der Waals surface area contributed by atoms with Crippen LogP contribution in [0, 0.1) is 6.92 Å². The van der Waals surface area contributed by atoms with Crippen molar-refractivity contribution in [3.05, 3.63) is 29.6 Å². The molecule has 0 saturated heterocycles. The normalized spacial score (nSPS) is 17.8. The molecule has 5 heteroatoms. The molecule has 2 N–H and O–H groups in total. The van der Waals surface area contributed by atoms with Gasteiger partial charge >= 0.3 is 0 Å². The summed E-state index contributed by atoms with van der Waals surface area (Å²) >= 11 is 0. The van der Waals surface area contributed by atoms with E-state index in [1.165, 1.54) is 11.1 Å². The molecule has 2 aromatic rings. The Balaban J connectivity index is 0.000000640. The molecule has 0 saturated carbocycles. The third-order valence-electron chi connectivity index (χ3n) is 2.94. The lowest BCUT2D eigenvalue weighted by Gasteiger charge is -2.21. The lowest BCUT2D eigenvalue weighted by atomic mass is 10.0. The number of aryl methyl sites for hydroxylation is 1. The summed E-state index contributed by atoms with van der Waals surface area (Å²) in [6.07, 6.45) is 0.975. The predicted molar refractivity (Wildman–Crippen MR) is 70.6 cm³/mol. The Morgan fingerprint density at radius 2 is 2.12 bits per heavy atom. The minimum atomic E-state index is 0. The number of halogens is 2. The Kier molecular flexibility index (Phi) is 3.84. The van der Waals surface area contributed by atoms with E-state index in [4.69, 9.17) is 5.73 Å². The quantitative estimate of drug-likeness (QED) is 0.788. The fourth-order valence-corrected chi connectivity index (χ4v) is 2.35. The van der Waals surface area contributed by atoms with Crippen LogP contribution in [-0.4, -0.2) is 15.6 Å². The Labute approximate surface area is 107 Å². The molecule has 16 heavy (non-hydrogen) atoms. The smallest absolute Gasteiger partial charge is 0.106 e. The number of aromatic nitrogens is 2. The van der Waals surface area contributed by atoms with Crippen LogP contribution in [0.15, 0.2) is 18.2 Å². The molecule has 1 aliphatic rings. The SMILES string of the molecule is Cc1nc2cccc3c2n1CC(N)C3.Cl.Cl. The molecule has 0 spiro atoms. The average Bonchev–Trinajstić information content (AvgIpc) is 2.45. The summed E-state index contributed by atoms with van der Waals surface area (Å²) in [6.45, 7) is 2.95. The van der Waals surface area contributed by atoms with Crippen LogP contribution in [0.2, 0.25) is 0 Å². The molecule has 88 valence electrons. The summed E-state index contributed by atoms with van der Waals surface area (Å²) in [7, 11) is 0. The van der Waals surface area contributed by atoms with Crippen molar-refractivity contribution in [2.75, 3.05) is 0 Å². The number of rotatable bonds is 0. The van der Waals surface area contributed by atoms with Gasteiger partial charge in [-0.2, -0.15) is 0 Å². The van der Waals surface area contributed by atoms with Gasteiger partial charge in [0.15, 0.2) is 0 Å². The Bertz CT molecular complexity index is 507. The van der Waals surface area contributed by atoms with Gasteiger partial charge in [-0.15, -0.1) is 24.8 Å². The highest BCUT2D eigenvalue weighted by Gasteiger charge is 2.19.